The molecule has 0 bridgehead atoms. The van der Waals surface area contributed by atoms with Crippen LogP contribution >= 0.6 is 0 Å². The molecule has 0 unspecified atom stereocenters. The minimum atomic E-state index is -3.97. The van der Waals surface area contributed by atoms with Gasteiger partial charge in [-0.25, -0.2) is 23.4 Å². The molecular weight excluding hydrogens is 450 g/mol. The largest absolute Gasteiger partial charge is 0.463 e. The van der Waals surface area contributed by atoms with Crippen LogP contribution in [0.4, 0.5) is 5.82 Å². The summed E-state index contributed by atoms with van der Waals surface area (Å²) >= 11 is 0. The molecule has 174 valence electrons. The molecule has 2 aromatic heterocycles. The summed E-state index contributed by atoms with van der Waals surface area (Å²) in [6.45, 7) is 3.05. The Morgan fingerprint density at radius 3 is 2.28 bits per heavy atom. The first-order chi connectivity index (χ1) is 14.9. The first kappa shape index (κ1) is 23.3. The maximum Gasteiger partial charge on any atom is 0.303 e. The van der Waals surface area contributed by atoms with Gasteiger partial charge >= 0.3 is 17.9 Å². The van der Waals surface area contributed by atoms with Gasteiger partial charge < -0.3 is 24.7 Å². The molecule has 1 saturated heterocycles. The lowest BCUT2D eigenvalue weighted by Gasteiger charge is -2.24. The minimum absolute atomic E-state index is 0.0187. The molecule has 0 radical (unpaired) electrons. The third-order valence-electron chi connectivity index (χ3n) is 4.40. The van der Waals surface area contributed by atoms with Crippen molar-refractivity contribution in [3.63, 3.8) is 0 Å². The Labute approximate surface area is 181 Å². The average molecular weight is 471 g/mol. The second kappa shape index (κ2) is 8.66. The van der Waals surface area contributed by atoms with Crippen LogP contribution in [-0.2, 0) is 43.2 Å². The van der Waals surface area contributed by atoms with Crippen LogP contribution in [0.25, 0.3) is 11.2 Å². The van der Waals surface area contributed by atoms with E-state index in [1.165, 1.54) is 6.92 Å². The van der Waals surface area contributed by atoms with Gasteiger partial charge in [0.05, 0.1) is 0 Å². The van der Waals surface area contributed by atoms with Crippen molar-refractivity contribution in [2.45, 2.75) is 50.5 Å². The van der Waals surface area contributed by atoms with Crippen molar-refractivity contribution < 1.29 is 41.7 Å². The number of esters is 3. The molecule has 0 saturated carbocycles. The molecule has 3 heterocycles. The van der Waals surface area contributed by atoms with Crippen LogP contribution in [0.15, 0.2) is 11.5 Å². The van der Waals surface area contributed by atoms with Gasteiger partial charge in [0.1, 0.15) is 19.0 Å². The lowest BCUT2D eigenvalue weighted by Crippen LogP contribution is -2.40. The zero-order valence-electron chi connectivity index (χ0n) is 17.5. The number of fused-ring (bicyclic) bond motifs is 1. The zero-order valence-corrected chi connectivity index (χ0v) is 18.4. The molecule has 0 amide bonds. The van der Waals surface area contributed by atoms with Crippen molar-refractivity contribution in [3.05, 3.63) is 6.33 Å². The third kappa shape index (κ3) is 4.62. The summed E-state index contributed by atoms with van der Waals surface area (Å²) in [5.74, 6) is -2.20. The second-order valence-electron chi connectivity index (χ2n) is 6.98. The van der Waals surface area contributed by atoms with E-state index in [4.69, 9.17) is 24.7 Å². The molecule has 2 aromatic rings. The van der Waals surface area contributed by atoms with Crippen molar-refractivity contribution in [3.8, 4) is 0 Å². The number of hydrogen-bond donors (Lipinski definition) is 1. The third-order valence-corrected chi connectivity index (χ3v) is 5.35. The van der Waals surface area contributed by atoms with Gasteiger partial charge in [0.15, 0.2) is 35.4 Å². The van der Waals surface area contributed by atoms with Crippen LogP contribution in [0, 0.1) is 0 Å². The van der Waals surface area contributed by atoms with Crippen LogP contribution in [0.1, 0.15) is 27.0 Å². The van der Waals surface area contributed by atoms with Crippen LogP contribution in [0.2, 0.25) is 0 Å². The number of nitrogens with two attached hydrogens (primary N) is 1. The van der Waals surface area contributed by atoms with Gasteiger partial charge in [-0.15, -0.1) is 0 Å². The van der Waals surface area contributed by atoms with Crippen LogP contribution < -0.4 is 5.73 Å². The predicted octanol–water partition coefficient (Wildman–Crippen LogP) is -0.864. The fraction of sp³-hybridized carbons (Fsp3) is 0.529. The molecule has 15 heteroatoms. The molecule has 32 heavy (non-hydrogen) atoms. The lowest BCUT2D eigenvalue weighted by molar-refractivity contribution is -0.166. The Bertz CT molecular complexity index is 1180. The van der Waals surface area contributed by atoms with Crippen molar-refractivity contribution in [1.82, 2.24) is 19.5 Å². The predicted molar refractivity (Wildman–Crippen MR) is 104 cm³/mol. The molecule has 0 aromatic carbocycles. The maximum absolute atomic E-state index is 12.5. The number of anilines is 1. The molecule has 14 nitrogen and oxygen atoms in total. The number of sulfone groups is 1. The highest BCUT2D eigenvalue weighted by Gasteiger charge is 2.52. The molecule has 1 aliphatic heterocycles. The minimum Gasteiger partial charge on any atom is -0.463 e. The van der Waals surface area contributed by atoms with Gasteiger partial charge in [-0.1, -0.05) is 0 Å². The standard InChI is InChI=1S/C17H21N5O9S/c1-7(23)28-5-10-12(29-8(2)24)13(30-9(3)25)16(31-10)22-15-11(14(18)19-6-20-15)21-17(22)32(4,26)27/h6,10,12-13,16H,5H2,1-4H3,(H2,18,19,20)/t10-,12+,13-,16-/m0/s1. The smallest absolute Gasteiger partial charge is 0.303 e. The van der Waals surface area contributed by atoms with Crippen LogP contribution in [0.5, 0.6) is 0 Å². The molecule has 0 spiro atoms. The van der Waals surface area contributed by atoms with Crippen molar-refractivity contribution >= 4 is 44.7 Å². The first-order valence-corrected chi connectivity index (χ1v) is 11.1. The van der Waals surface area contributed by atoms with E-state index in [-0.39, 0.29) is 23.6 Å². The van der Waals surface area contributed by atoms with E-state index in [1.54, 1.807) is 0 Å². The molecular formula is C17H21N5O9S. The maximum atomic E-state index is 12.5. The van der Waals surface area contributed by atoms with Gasteiger partial charge in [-0.2, -0.15) is 0 Å². The van der Waals surface area contributed by atoms with Crippen molar-refractivity contribution in [2.75, 3.05) is 18.6 Å². The quantitative estimate of drug-likeness (QED) is 0.404. The zero-order chi connectivity index (χ0) is 23.8. The summed E-state index contributed by atoms with van der Waals surface area (Å²) in [7, 11) is -3.97. The number of imidazole rings is 1. The molecule has 1 aliphatic rings. The normalized spacial score (nSPS) is 23.1. The average Bonchev–Trinajstić information content (AvgIpc) is 3.19. The first-order valence-electron chi connectivity index (χ1n) is 9.22. The molecule has 4 atom stereocenters. The van der Waals surface area contributed by atoms with E-state index in [0.29, 0.717) is 0 Å². The fourth-order valence-electron chi connectivity index (χ4n) is 3.30. The summed E-state index contributed by atoms with van der Waals surface area (Å²) < 4.78 is 47.5. The number of nitrogen functional groups attached to an aromatic ring is 1. The Hall–Kier alpha value is -3.33. The second-order valence-corrected chi connectivity index (χ2v) is 8.89. The van der Waals surface area contributed by atoms with E-state index >= 15 is 0 Å². The highest BCUT2D eigenvalue weighted by Crippen LogP contribution is 2.38. The molecule has 1 fully saturated rings. The summed E-state index contributed by atoms with van der Waals surface area (Å²) in [6.07, 6.45) is -3.02. The summed E-state index contributed by atoms with van der Waals surface area (Å²) in [5.41, 5.74) is 5.78. The van der Waals surface area contributed by atoms with E-state index in [2.05, 4.69) is 15.0 Å². The Morgan fingerprint density at radius 1 is 1.09 bits per heavy atom. The Balaban J connectivity index is 2.20. The van der Waals surface area contributed by atoms with E-state index in [1.807, 2.05) is 0 Å². The van der Waals surface area contributed by atoms with Crippen molar-refractivity contribution in [2.24, 2.45) is 0 Å². The summed E-state index contributed by atoms with van der Waals surface area (Å²) in [4.78, 5) is 46.7. The van der Waals surface area contributed by atoms with Gasteiger partial charge in [-0.3, -0.25) is 19.0 Å². The summed E-state index contributed by atoms with van der Waals surface area (Å²) in [6, 6.07) is 0. The van der Waals surface area contributed by atoms with Crippen LogP contribution in [0.3, 0.4) is 0 Å². The number of aromatic nitrogens is 4. The van der Waals surface area contributed by atoms with E-state index in [9.17, 15) is 22.8 Å². The summed E-state index contributed by atoms with van der Waals surface area (Å²) in [5, 5.41) is -0.489. The Kier molecular flexibility index (Phi) is 6.32. The van der Waals surface area contributed by atoms with E-state index < -0.39 is 57.4 Å². The number of hydrogen-bond acceptors (Lipinski definition) is 13. The molecule has 2 N–H and O–H groups in total. The molecule has 0 aliphatic carbocycles. The fourth-order valence-corrected chi connectivity index (χ4v) is 4.10. The van der Waals surface area contributed by atoms with Gasteiger partial charge in [-0.05, 0) is 0 Å². The lowest BCUT2D eigenvalue weighted by atomic mass is 10.1. The number of carbonyl (C=O) groups excluding carboxylic acids is 3. The topological polar surface area (TPSA) is 192 Å². The number of nitrogens with zero attached hydrogens (tertiary/aromatic N) is 4. The van der Waals surface area contributed by atoms with Crippen molar-refractivity contribution in [1.29, 1.82) is 0 Å². The highest BCUT2D eigenvalue weighted by molar-refractivity contribution is 7.90. The number of ether oxygens (including phenoxy) is 4. The highest BCUT2D eigenvalue weighted by atomic mass is 32.2. The monoisotopic (exact) mass is 471 g/mol. The van der Waals surface area contributed by atoms with Gasteiger partial charge in [0.25, 0.3) is 0 Å². The number of rotatable bonds is 6. The SMILES string of the molecule is CC(=O)OC[C@@H]1O[C@H](n2c(S(C)(=O)=O)nc3c(N)ncnc32)[C@@H](OC(C)=O)[C@@H]1OC(C)=O. The van der Waals surface area contributed by atoms with Crippen LogP contribution in [-0.4, -0.2) is 77.0 Å². The number of carbonyl (C=O) groups is 3. The van der Waals surface area contributed by atoms with Gasteiger partial charge in [0, 0.05) is 27.0 Å². The Morgan fingerprint density at radius 2 is 1.72 bits per heavy atom. The van der Waals surface area contributed by atoms with E-state index in [0.717, 1.165) is 31.0 Å². The molecule has 3 rings (SSSR count). The van der Waals surface area contributed by atoms with Gasteiger partial charge in [0.2, 0.25) is 15.0 Å².